The van der Waals surface area contributed by atoms with E-state index in [1.165, 1.54) is 12.1 Å². The molecule has 1 aliphatic rings. The Balaban J connectivity index is 2.17. The van der Waals surface area contributed by atoms with Crippen LogP contribution in [-0.4, -0.2) is 34.6 Å². The quantitative estimate of drug-likeness (QED) is 0.891. The van der Waals surface area contributed by atoms with Gasteiger partial charge in [-0.15, -0.1) is 0 Å². The lowest BCUT2D eigenvalue weighted by Gasteiger charge is -2.35. The number of likely N-dealkylation sites (tertiary alicyclic amines) is 1. The number of rotatable bonds is 3. The van der Waals surface area contributed by atoms with Gasteiger partial charge in [0.15, 0.2) is 0 Å². The molecule has 1 unspecified atom stereocenters. The normalized spacial score (nSPS) is 18.4. The summed E-state index contributed by atoms with van der Waals surface area (Å²) in [5.41, 5.74) is 0.276. The molecule has 2 rings (SSSR count). The van der Waals surface area contributed by atoms with Crippen LogP contribution in [0.3, 0.4) is 0 Å². The van der Waals surface area contributed by atoms with Crippen LogP contribution < -0.4 is 5.32 Å². The molecule has 114 valence electrons. The molecule has 0 radical (unpaired) electrons. The first-order valence-electron chi connectivity index (χ1n) is 7.13. The minimum atomic E-state index is -1.11. The monoisotopic (exact) mass is 310 g/mol. The Morgan fingerprint density at radius 1 is 1.43 bits per heavy atom. The van der Waals surface area contributed by atoms with Crippen molar-refractivity contribution in [1.29, 1.82) is 0 Å². The van der Waals surface area contributed by atoms with Gasteiger partial charge in [-0.1, -0.05) is 18.5 Å². The SMILES string of the molecule is CCC1CCCCN1C(=O)Nc1ccc(Cl)cc1C(=O)O. The molecule has 0 aromatic heterocycles. The summed E-state index contributed by atoms with van der Waals surface area (Å²) in [6.45, 7) is 2.77. The summed E-state index contributed by atoms with van der Waals surface area (Å²) in [4.78, 5) is 25.4. The van der Waals surface area contributed by atoms with Gasteiger partial charge in [-0.3, -0.25) is 0 Å². The van der Waals surface area contributed by atoms with E-state index in [1.54, 1.807) is 11.0 Å². The van der Waals surface area contributed by atoms with Gasteiger partial charge in [0, 0.05) is 17.6 Å². The number of benzene rings is 1. The summed E-state index contributed by atoms with van der Waals surface area (Å²) in [5.74, 6) is -1.11. The van der Waals surface area contributed by atoms with E-state index in [-0.39, 0.29) is 23.3 Å². The van der Waals surface area contributed by atoms with Crippen molar-refractivity contribution < 1.29 is 14.7 Å². The number of hydrogen-bond acceptors (Lipinski definition) is 2. The molecule has 2 N–H and O–H groups in total. The largest absolute Gasteiger partial charge is 0.478 e. The second-order valence-electron chi connectivity index (χ2n) is 5.18. The molecule has 1 aromatic carbocycles. The number of carbonyl (C=O) groups excluding carboxylic acids is 1. The van der Waals surface area contributed by atoms with Gasteiger partial charge in [0.05, 0.1) is 11.3 Å². The molecule has 1 heterocycles. The summed E-state index contributed by atoms with van der Waals surface area (Å²) in [7, 11) is 0. The number of carboxylic acids is 1. The van der Waals surface area contributed by atoms with Crippen molar-refractivity contribution >= 4 is 29.3 Å². The average Bonchev–Trinajstić information content (AvgIpc) is 2.48. The van der Waals surface area contributed by atoms with Crippen molar-refractivity contribution in [1.82, 2.24) is 4.90 Å². The molecule has 1 fully saturated rings. The Morgan fingerprint density at radius 3 is 2.86 bits per heavy atom. The Morgan fingerprint density at radius 2 is 2.19 bits per heavy atom. The fourth-order valence-electron chi connectivity index (χ4n) is 2.68. The van der Waals surface area contributed by atoms with Gasteiger partial charge in [0.25, 0.3) is 0 Å². The van der Waals surface area contributed by atoms with Crippen molar-refractivity contribution in [2.75, 3.05) is 11.9 Å². The molecule has 0 bridgehead atoms. The second kappa shape index (κ2) is 6.80. The van der Waals surface area contributed by atoms with Crippen LogP contribution in [0.2, 0.25) is 5.02 Å². The number of anilines is 1. The Bertz CT molecular complexity index is 548. The molecular weight excluding hydrogens is 292 g/mol. The van der Waals surface area contributed by atoms with Crippen LogP contribution in [0.1, 0.15) is 43.0 Å². The van der Waals surface area contributed by atoms with Crippen LogP contribution in [0.15, 0.2) is 18.2 Å². The average molecular weight is 311 g/mol. The summed E-state index contributed by atoms with van der Waals surface area (Å²) >= 11 is 5.81. The summed E-state index contributed by atoms with van der Waals surface area (Å²) in [6.07, 6.45) is 4.01. The lowest BCUT2D eigenvalue weighted by Crippen LogP contribution is -2.45. The highest BCUT2D eigenvalue weighted by atomic mass is 35.5. The zero-order chi connectivity index (χ0) is 15.4. The maximum Gasteiger partial charge on any atom is 0.337 e. The van der Waals surface area contributed by atoms with Gasteiger partial charge in [-0.25, -0.2) is 9.59 Å². The Hall–Kier alpha value is -1.75. The first-order valence-corrected chi connectivity index (χ1v) is 7.51. The molecule has 1 aliphatic heterocycles. The van der Waals surface area contributed by atoms with Gasteiger partial charge < -0.3 is 15.3 Å². The minimum Gasteiger partial charge on any atom is -0.478 e. The minimum absolute atomic E-state index is 0.000841. The van der Waals surface area contributed by atoms with Gasteiger partial charge in [-0.05, 0) is 43.9 Å². The van der Waals surface area contributed by atoms with E-state index >= 15 is 0 Å². The third-order valence-corrected chi connectivity index (χ3v) is 4.05. The maximum atomic E-state index is 12.4. The highest BCUT2D eigenvalue weighted by Gasteiger charge is 2.26. The molecule has 1 atom stereocenters. The molecular formula is C15H19ClN2O3. The van der Waals surface area contributed by atoms with Crippen LogP contribution in [0.25, 0.3) is 0 Å². The highest BCUT2D eigenvalue weighted by molar-refractivity contribution is 6.31. The number of carboxylic acid groups (broad SMARTS) is 1. The molecule has 0 saturated carbocycles. The standard InChI is InChI=1S/C15H19ClN2O3/c1-2-11-5-3-4-8-18(11)15(21)17-13-7-6-10(16)9-12(13)14(19)20/h6-7,9,11H,2-5,8H2,1H3,(H,17,21)(H,19,20). The zero-order valence-electron chi connectivity index (χ0n) is 11.9. The fourth-order valence-corrected chi connectivity index (χ4v) is 2.85. The third-order valence-electron chi connectivity index (χ3n) is 3.81. The molecule has 2 amide bonds. The van der Waals surface area contributed by atoms with Gasteiger partial charge in [-0.2, -0.15) is 0 Å². The number of piperidine rings is 1. The first kappa shape index (κ1) is 15.6. The summed E-state index contributed by atoms with van der Waals surface area (Å²) in [6, 6.07) is 4.41. The van der Waals surface area contributed by atoms with Crippen LogP contribution in [0, 0.1) is 0 Å². The van der Waals surface area contributed by atoms with E-state index in [0.717, 1.165) is 25.7 Å². The van der Waals surface area contributed by atoms with Gasteiger partial charge >= 0.3 is 12.0 Å². The number of hydrogen-bond donors (Lipinski definition) is 2. The van der Waals surface area contributed by atoms with Crippen LogP contribution >= 0.6 is 11.6 Å². The molecule has 0 spiro atoms. The molecule has 21 heavy (non-hydrogen) atoms. The third kappa shape index (κ3) is 3.67. The maximum absolute atomic E-state index is 12.4. The summed E-state index contributed by atoms with van der Waals surface area (Å²) in [5, 5.41) is 12.2. The lowest BCUT2D eigenvalue weighted by atomic mass is 10.0. The smallest absolute Gasteiger partial charge is 0.337 e. The zero-order valence-corrected chi connectivity index (χ0v) is 12.7. The van der Waals surface area contributed by atoms with Crippen molar-refractivity contribution in [3.63, 3.8) is 0 Å². The van der Waals surface area contributed by atoms with Crippen molar-refractivity contribution in [3.8, 4) is 0 Å². The fraction of sp³-hybridized carbons (Fsp3) is 0.467. The highest BCUT2D eigenvalue weighted by Crippen LogP contribution is 2.24. The summed E-state index contributed by atoms with van der Waals surface area (Å²) < 4.78 is 0. The number of nitrogens with one attached hydrogen (secondary N) is 1. The van der Waals surface area contributed by atoms with E-state index in [0.29, 0.717) is 11.6 Å². The second-order valence-corrected chi connectivity index (χ2v) is 5.61. The number of aromatic carboxylic acids is 1. The van der Waals surface area contributed by atoms with Crippen molar-refractivity contribution in [2.45, 2.75) is 38.6 Å². The van der Waals surface area contributed by atoms with Crippen LogP contribution in [0.5, 0.6) is 0 Å². The molecule has 0 aliphatic carbocycles. The lowest BCUT2D eigenvalue weighted by molar-refractivity contribution is 0.0698. The molecule has 1 saturated heterocycles. The van der Waals surface area contributed by atoms with Crippen LogP contribution in [0.4, 0.5) is 10.5 Å². The predicted molar refractivity (Wildman–Crippen MR) is 82.1 cm³/mol. The van der Waals surface area contributed by atoms with Crippen molar-refractivity contribution in [3.05, 3.63) is 28.8 Å². The van der Waals surface area contributed by atoms with E-state index in [4.69, 9.17) is 11.6 Å². The van der Waals surface area contributed by atoms with Gasteiger partial charge in [0.1, 0.15) is 0 Å². The number of carbonyl (C=O) groups is 2. The molecule has 5 nitrogen and oxygen atoms in total. The number of urea groups is 1. The van der Waals surface area contributed by atoms with Gasteiger partial charge in [0.2, 0.25) is 0 Å². The Labute approximate surface area is 128 Å². The van der Waals surface area contributed by atoms with E-state index in [9.17, 15) is 14.7 Å². The predicted octanol–water partition coefficient (Wildman–Crippen LogP) is 3.83. The first-order chi connectivity index (χ1) is 10.0. The Kier molecular flexibility index (Phi) is 5.07. The molecule has 6 heteroatoms. The topological polar surface area (TPSA) is 69.6 Å². The number of nitrogens with zero attached hydrogens (tertiary/aromatic N) is 1. The number of halogens is 1. The molecule has 1 aromatic rings. The van der Waals surface area contributed by atoms with Crippen LogP contribution in [-0.2, 0) is 0 Å². The van der Waals surface area contributed by atoms with E-state index in [1.807, 2.05) is 0 Å². The number of amides is 2. The van der Waals surface area contributed by atoms with Crippen molar-refractivity contribution in [2.24, 2.45) is 0 Å². The van der Waals surface area contributed by atoms with E-state index < -0.39 is 5.97 Å². The van der Waals surface area contributed by atoms with E-state index in [2.05, 4.69) is 12.2 Å².